The van der Waals surface area contributed by atoms with Crippen molar-refractivity contribution in [3.63, 3.8) is 0 Å². The van der Waals surface area contributed by atoms with Crippen LogP contribution in [-0.4, -0.2) is 9.78 Å². The van der Waals surface area contributed by atoms with Gasteiger partial charge in [-0.25, -0.2) is 0 Å². The van der Waals surface area contributed by atoms with Gasteiger partial charge in [0.05, 0.1) is 1.37 Å². The van der Waals surface area contributed by atoms with Gasteiger partial charge in [0, 0.05) is 22.8 Å². The van der Waals surface area contributed by atoms with Crippen LogP contribution in [0, 0.1) is 6.92 Å². The molecule has 0 fully saturated rings. The lowest BCUT2D eigenvalue weighted by molar-refractivity contribution is 0.760. The molecule has 0 saturated heterocycles. The Morgan fingerprint density at radius 1 is 2.12 bits per heavy atom. The first kappa shape index (κ1) is 2.52. The van der Waals surface area contributed by atoms with Crippen molar-refractivity contribution in [1.82, 2.24) is 9.78 Å². The van der Waals surface area contributed by atoms with Gasteiger partial charge >= 0.3 is 0 Å². The summed E-state index contributed by atoms with van der Waals surface area (Å²) >= 11 is 3.06. The number of hydrogen-bond donors (Lipinski definition) is 0. The number of hydrogen-bond acceptors (Lipinski definition) is 1. The highest BCUT2D eigenvalue weighted by Crippen LogP contribution is 2.10. The fourth-order valence-electron chi connectivity index (χ4n) is 0.393. The normalized spacial score (nSPS) is 18.8. The second kappa shape index (κ2) is 1.90. The molecule has 0 aliphatic carbocycles. The van der Waals surface area contributed by atoms with E-state index in [9.17, 15) is 0 Å². The summed E-state index contributed by atoms with van der Waals surface area (Å²) < 4.78 is 29.6. The average Bonchev–Trinajstić information content (AvgIpc) is 2.15. The fourth-order valence-corrected chi connectivity index (χ4v) is 0.640. The highest BCUT2D eigenvalue weighted by Gasteiger charge is 1.94. The topological polar surface area (TPSA) is 17.8 Å². The quantitative estimate of drug-likeness (QED) is 0.589. The molecule has 0 bridgehead atoms. The number of aryl methyl sites for hydroxylation is 1. The van der Waals surface area contributed by atoms with Crippen molar-refractivity contribution in [1.29, 1.82) is 0 Å². The van der Waals surface area contributed by atoms with Gasteiger partial charge in [0.25, 0.3) is 0 Å². The van der Waals surface area contributed by atoms with Gasteiger partial charge in [-0.3, -0.25) is 4.68 Å². The molecule has 0 radical (unpaired) electrons. The predicted octanol–water partition coefficient (Wildman–Crippen LogP) is 1.49. The SMILES string of the molecule is [2H]c1c(C)c(Br)nn1C([2H])([2H])[2H]. The first-order chi connectivity index (χ1) is 5.34. The Morgan fingerprint density at radius 2 is 2.88 bits per heavy atom. The maximum absolute atomic E-state index is 7.38. The van der Waals surface area contributed by atoms with Gasteiger partial charge in [0.2, 0.25) is 0 Å². The summed E-state index contributed by atoms with van der Waals surface area (Å²) in [5.41, 5.74) is 0.533. The lowest BCUT2D eigenvalue weighted by Gasteiger charge is -1.78. The summed E-state index contributed by atoms with van der Waals surface area (Å²) in [5.74, 6) is 0. The standard InChI is InChI=1S/C5H7BrN2/c1-4-3-8(2)7-5(4)6/h3H,1-2H3/i2D3,3D. The van der Waals surface area contributed by atoms with Gasteiger partial charge in [0.1, 0.15) is 4.60 Å². The lowest BCUT2D eigenvalue weighted by atomic mass is 10.4. The van der Waals surface area contributed by atoms with E-state index >= 15 is 0 Å². The Hall–Kier alpha value is -0.310. The zero-order valence-corrected chi connectivity index (χ0v) is 5.86. The van der Waals surface area contributed by atoms with Gasteiger partial charge in [-0.1, -0.05) is 0 Å². The van der Waals surface area contributed by atoms with E-state index < -0.39 is 6.98 Å². The van der Waals surface area contributed by atoms with Crippen LogP contribution < -0.4 is 0 Å². The van der Waals surface area contributed by atoms with Crippen LogP contribution in [0.1, 0.15) is 11.0 Å². The Morgan fingerprint density at radius 3 is 3.12 bits per heavy atom. The molecule has 0 aliphatic rings. The van der Waals surface area contributed by atoms with Crippen molar-refractivity contribution in [2.24, 2.45) is 6.98 Å². The van der Waals surface area contributed by atoms with Gasteiger partial charge < -0.3 is 0 Å². The molecule has 8 heavy (non-hydrogen) atoms. The van der Waals surface area contributed by atoms with Gasteiger partial charge in [-0.15, -0.1) is 0 Å². The van der Waals surface area contributed by atoms with E-state index in [0.717, 1.165) is 0 Å². The summed E-state index contributed by atoms with van der Waals surface area (Å²) in [4.78, 5) is 0. The van der Waals surface area contributed by atoms with Gasteiger partial charge in [-0.05, 0) is 22.9 Å². The van der Waals surface area contributed by atoms with Crippen LogP contribution >= 0.6 is 15.9 Å². The minimum Gasteiger partial charge on any atom is -0.274 e. The van der Waals surface area contributed by atoms with Crippen LogP contribution in [0.15, 0.2) is 10.8 Å². The second-order valence-corrected chi connectivity index (χ2v) is 2.19. The molecule has 0 N–H and O–H groups in total. The molecule has 1 rings (SSSR count). The Labute approximate surface area is 62.3 Å². The first-order valence-electron chi connectivity index (χ1n) is 4.06. The van der Waals surface area contributed by atoms with E-state index in [1.165, 1.54) is 0 Å². The summed E-state index contributed by atoms with van der Waals surface area (Å²) in [5, 5.41) is 3.66. The van der Waals surface area contributed by atoms with E-state index in [0.29, 0.717) is 14.8 Å². The van der Waals surface area contributed by atoms with Gasteiger partial charge in [0.15, 0.2) is 0 Å². The molecule has 0 spiro atoms. The van der Waals surface area contributed by atoms with Crippen LogP contribution in [0.3, 0.4) is 0 Å². The highest BCUT2D eigenvalue weighted by molar-refractivity contribution is 9.10. The largest absolute Gasteiger partial charge is 0.274 e. The molecular weight excluding hydrogens is 168 g/mol. The zero-order valence-electron chi connectivity index (χ0n) is 8.27. The third-order valence-corrected chi connectivity index (χ3v) is 1.52. The Balaban J connectivity index is 3.28. The number of halogens is 1. The summed E-state index contributed by atoms with van der Waals surface area (Å²) in [6.45, 7) is -0.727. The summed E-state index contributed by atoms with van der Waals surface area (Å²) in [6.07, 6.45) is -0.0816. The number of nitrogens with zero attached hydrogens (tertiary/aromatic N) is 2. The molecule has 0 aromatic carbocycles. The number of rotatable bonds is 0. The van der Waals surface area contributed by atoms with Crippen molar-refractivity contribution in [2.75, 3.05) is 0 Å². The molecule has 0 saturated carbocycles. The van der Waals surface area contributed by atoms with Crippen LogP contribution in [-0.2, 0) is 6.98 Å². The van der Waals surface area contributed by atoms with Crippen LogP contribution in [0.5, 0.6) is 0 Å². The summed E-state index contributed by atoms with van der Waals surface area (Å²) in [6, 6.07) is 0. The average molecular weight is 179 g/mol. The van der Waals surface area contributed by atoms with E-state index in [1.54, 1.807) is 6.92 Å². The maximum atomic E-state index is 7.38. The molecule has 0 amide bonds. The molecule has 1 aromatic rings. The van der Waals surface area contributed by atoms with E-state index in [1.807, 2.05) is 0 Å². The minimum absolute atomic E-state index is 0.0816. The monoisotopic (exact) mass is 178 g/mol. The van der Waals surface area contributed by atoms with Crippen molar-refractivity contribution in [3.05, 3.63) is 16.3 Å². The van der Waals surface area contributed by atoms with E-state index in [-0.39, 0.29) is 6.17 Å². The molecule has 0 atom stereocenters. The van der Waals surface area contributed by atoms with Crippen LogP contribution in [0.4, 0.5) is 0 Å². The van der Waals surface area contributed by atoms with Crippen molar-refractivity contribution in [3.8, 4) is 0 Å². The molecule has 44 valence electrons. The minimum atomic E-state index is -2.37. The van der Waals surface area contributed by atoms with Crippen molar-refractivity contribution < 1.29 is 5.48 Å². The smallest absolute Gasteiger partial charge is 0.131 e. The second-order valence-electron chi connectivity index (χ2n) is 1.44. The highest BCUT2D eigenvalue weighted by atomic mass is 79.9. The maximum Gasteiger partial charge on any atom is 0.131 e. The Bertz CT molecular complexity index is 303. The Kier molecular flexibility index (Phi) is 0.597. The lowest BCUT2D eigenvalue weighted by Crippen LogP contribution is -1.84. The van der Waals surface area contributed by atoms with Crippen LogP contribution in [0.25, 0.3) is 0 Å². The predicted molar refractivity (Wildman–Crippen MR) is 35.6 cm³/mol. The molecule has 1 aromatic heterocycles. The van der Waals surface area contributed by atoms with E-state index in [2.05, 4.69) is 21.0 Å². The van der Waals surface area contributed by atoms with Gasteiger partial charge in [-0.2, -0.15) is 5.10 Å². The molecular formula is C5H7BrN2. The molecule has 2 nitrogen and oxygen atoms in total. The third kappa shape index (κ3) is 0.916. The molecule has 0 unspecified atom stereocenters. The molecule has 0 aliphatic heterocycles. The van der Waals surface area contributed by atoms with Crippen molar-refractivity contribution >= 4 is 15.9 Å². The van der Waals surface area contributed by atoms with Crippen LogP contribution in [0.2, 0.25) is 0 Å². The summed E-state index contributed by atoms with van der Waals surface area (Å²) in [7, 11) is 0. The first-order valence-corrected chi connectivity index (χ1v) is 2.85. The number of aromatic nitrogens is 2. The van der Waals surface area contributed by atoms with E-state index in [4.69, 9.17) is 5.48 Å². The fraction of sp³-hybridized carbons (Fsp3) is 0.400. The van der Waals surface area contributed by atoms with Crippen molar-refractivity contribution in [2.45, 2.75) is 6.92 Å². The molecule has 1 heterocycles. The zero-order chi connectivity index (χ0) is 9.52. The molecule has 3 heteroatoms. The third-order valence-electron chi connectivity index (χ3n) is 0.771.